The molecule has 0 bridgehead atoms. The lowest BCUT2D eigenvalue weighted by atomic mass is 10.0. The zero-order chi connectivity index (χ0) is 50.5. The van der Waals surface area contributed by atoms with Crippen molar-refractivity contribution < 1.29 is 6.85 Å². The third kappa shape index (κ3) is 6.07. The highest BCUT2D eigenvalue weighted by molar-refractivity contribution is 7.20. The molecule has 0 radical (unpaired) electrons. The Balaban J connectivity index is 1.05. The summed E-state index contributed by atoms with van der Waals surface area (Å²) in [6.07, 6.45) is 0. The Kier molecular flexibility index (Phi) is 8.10. The minimum absolute atomic E-state index is 0.144. The van der Waals surface area contributed by atoms with Gasteiger partial charge in [-0.05, 0) is 98.6 Å². The van der Waals surface area contributed by atoms with Gasteiger partial charge in [-0.15, -0.1) is 0 Å². The van der Waals surface area contributed by atoms with Crippen LogP contribution in [-0.4, -0.2) is 21.8 Å². The first-order valence-electron chi connectivity index (χ1n) is 26.3. The van der Waals surface area contributed by atoms with Crippen molar-refractivity contribution >= 4 is 94.2 Å². The molecule has 3 heterocycles. The Bertz CT molecular complexity index is 4420. The predicted octanol–water partition coefficient (Wildman–Crippen LogP) is 14.0. The van der Waals surface area contributed by atoms with Gasteiger partial charge in [0.25, 0.3) is 0 Å². The number of para-hydroxylation sites is 4. The van der Waals surface area contributed by atoms with Crippen LogP contribution in [0.15, 0.2) is 273 Å². The van der Waals surface area contributed by atoms with E-state index >= 15 is 0 Å². The molecule has 14 rings (SSSR count). The van der Waals surface area contributed by atoms with E-state index in [1.807, 2.05) is 12.1 Å². The van der Waals surface area contributed by atoms with Crippen LogP contribution in [-0.2, 0) is 0 Å². The lowest BCUT2D eigenvalue weighted by Gasteiger charge is -2.34. The predicted molar refractivity (Wildman–Crippen MR) is 299 cm³/mol. The fourth-order valence-electron chi connectivity index (χ4n) is 11.5. The molecule has 0 spiro atoms. The van der Waals surface area contributed by atoms with Crippen molar-refractivity contribution in [3.63, 3.8) is 0 Å². The molecule has 0 atom stereocenters. The SMILES string of the molecule is [2H]c1c([2H])c([2H])c(-c2cc(-n3c4ccccc4c4cc(-n5c6ccccc6c6ccccc65)ccc43)cc(-n3c4ccccc4c4cc([Si](c5ccccc5)(c5ccccc5)c5ccccc5)ccc43)c2)c([2H])c1[2H]. The van der Waals surface area contributed by atoms with Gasteiger partial charge in [-0.2, -0.15) is 0 Å². The molecule has 328 valence electrons. The molecule has 14 aromatic rings. The maximum absolute atomic E-state index is 9.30. The van der Waals surface area contributed by atoms with Gasteiger partial charge in [-0.3, -0.25) is 0 Å². The van der Waals surface area contributed by atoms with Gasteiger partial charge in [0.1, 0.15) is 0 Å². The molecule has 0 saturated carbocycles. The third-order valence-corrected chi connectivity index (χ3v) is 19.2. The molecule has 0 aliphatic heterocycles. The Labute approximate surface area is 414 Å². The summed E-state index contributed by atoms with van der Waals surface area (Å²) in [4.78, 5) is 0. The van der Waals surface area contributed by atoms with Crippen LogP contribution < -0.4 is 20.7 Å². The van der Waals surface area contributed by atoms with Gasteiger partial charge in [-0.1, -0.05) is 206 Å². The number of hydrogen-bond donors (Lipinski definition) is 0. The van der Waals surface area contributed by atoms with Crippen molar-refractivity contribution in [1.29, 1.82) is 0 Å². The molecule has 11 aromatic carbocycles. The summed E-state index contributed by atoms with van der Waals surface area (Å²) < 4.78 is 51.7. The normalized spacial score (nSPS) is 13.0. The van der Waals surface area contributed by atoms with Gasteiger partial charge in [0.05, 0.1) is 40.0 Å². The monoisotopic (exact) mass is 912 g/mol. The molecule has 3 nitrogen and oxygen atoms in total. The van der Waals surface area contributed by atoms with Gasteiger partial charge < -0.3 is 13.7 Å². The molecule has 4 heteroatoms. The van der Waals surface area contributed by atoms with Gasteiger partial charge in [0.15, 0.2) is 8.07 Å². The Morgan fingerprint density at radius 2 is 0.629 bits per heavy atom. The number of nitrogens with zero attached hydrogens (tertiary/aromatic N) is 3. The maximum Gasteiger partial charge on any atom is 0.179 e. The number of hydrogen-bond acceptors (Lipinski definition) is 0. The van der Waals surface area contributed by atoms with Crippen LogP contribution in [0.3, 0.4) is 0 Å². The van der Waals surface area contributed by atoms with E-state index in [0.29, 0.717) is 5.56 Å². The zero-order valence-corrected chi connectivity index (χ0v) is 38.9. The van der Waals surface area contributed by atoms with E-state index < -0.39 is 14.1 Å². The van der Waals surface area contributed by atoms with E-state index in [9.17, 15) is 2.74 Å². The van der Waals surface area contributed by atoms with Crippen LogP contribution in [0.1, 0.15) is 6.85 Å². The molecular weight excluding hydrogens is 863 g/mol. The molecular formula is C66H45N3Si. The fraction of sp³-hybridized carbons (Fsp3) is 0. The molecule has 70 heavy (non-hydrogen) atoms. The largest absolute Gasteiger partial charge is 0.309 e. The van der Waals surface area contributed by atoms with Crippen molar-refractivity contribution in [3.8, 4) is 28.2 Å². The summed E-state index contributed by atoms with van der Waals surface area (Å²) in [6, 6.07) is 85.0. The number of fused-ring (bicyclic) bond motifs is 9. The number of aromatic nitrogens is 3. The molecule has 0 fully saturated rings. The lowest BCUT2D eigenvalue weighted by molar-refractivity contribution is 1.13. The second-order valence-electron chi connectivity index (χ2n) is 18.1. The summed E-state index contributed by atoms with van der Waals surface area (Å²) in [7, 11) is -2.91. The van der Waals surface area contributed by atoms with E-state index in [-0.39, 0.29) is 29.7 Å². The van der Waals surface area contributed by atoms with Crippen LogP contribution >= 0.6 is 0 Å². The van der Waals surface area contributed by atoms with Crippen molar-refractivity contribution in [2.75, 3.05) is 0 Å². The van der Waals surface area contributed by atoms with E-state index in [1.54, 1.807) is 0 Å². The number of benzene rings is 11. The zero-order valence-electron chi connectivity index (χ0n) is 42.9. The minimum Gasteiger partial charge on any atom is -0.309 e. The van der Waals surface area contributed by atoms with E-state index in [2.05, 4.69) is 244 Å². The summed E-state index contributed by atoms with van der Waals surface area (Å²) in [5, 5.41) is 11.8. The van der Waals surface area contributed by atoms with Crippen molar-refractivity contribution in [3.05, 3.63) is 273 Å². The molecule has 0 aliphatic rings. The Morgan fingerprint density at radius 1 is 0.257 bits per heavy atom. The molecule has 0 aliphatic carbocycles. The standard InChI is InChI=1S/C66H45N3Si/c1-5-21-46(22-6-1)47-41-49(68-63-35-19-15-31-57(63)59-44-48(37-39-65(59)68)67-61-33-17-13-29-55(61)56-30-14-18-34-62(56)67)43-50(42-47)69-64-36-20-16-32-58(64)60-45-54(38-40-66(60)69)70(51-23-7-2-8-24-51,52-25-9-3-10-26-52)53-27-11-4-12-28-53/h1-45H/i1D,5D,6D,21D,22D. The van der Waals surface area contributed by atoms with Crippen LogP contribution in [0.25, 0.3) is 93.6 Å². The molecule has 0 saturated heterocycles. The average molecular weight is 913 g/mol. The first kappa shape index (κ1) is 35.2. The molecule has 0 N–H and O–H groups in total. The summed E-state index contributed by atoms with van der Waals surface area (Å²) in [5.41, 5.74) is 9.46. The van der Waals surface area contributed by atoms with Crippen molar-refractivity contribution in [2.24, 2.45) is 0 Å². The van der Waals surface area contributed by atoms with Crippen LogP contribution in [0.2, 0.25) is 0 Å². The highest BCUT2D eigenvalue weighted by Gasteiger charge is 2.41. The number of rotatable bonds is 8. The average Bonchev–Trinajstić information content (AvgIpc) is 4.11. The molecule has 0 amide bonds. The van der Waals surface area contributed by atoms with E-state index in [0.717, 1.165) is 71.7 Å². The first-order chi connectivity index (χ1) is 36.8. The second-order valence-corrected chi connectivity index (χ2v) is 21.9. The topological polar surface area (TPSA) is 14.8 Å². The first-order valence-corrected chi connectivity index (χ1v) is 25.8. The van der Waals surface area contributed by atoms with Gasteiger partial charge in [0.2, 0.25) is 0 Å². The Hall–Kier alpha value is -8.96. The molecule has 0 unspecified atom stereocenters. The molecule has 3 aromatic heterocycles. The third-order valence-electron chi connectivity index (χ3n) is 14.4. The van der Waals surface area contributed by atoms with Crippen molar-refractivity contribution in [1.82, 2.24) is 13.7 Å². The summed E-state index contributed by atoms with van der Waals surface area (Å²) in [6.45, 7) is 0. The Morgan fingerprint density at radius 3 is 1.10 bits per heavy atom. The summed E-state index contributed by atoms with van der Waals surface area (Å²) >= 11 is 0. The van der Waals surface area contributed by atoms with E-state index in [1.165, 1.54) is 31.5 Å². The van der Waals surface area contributed by atoms with Gasteiger partial charge >= 0.3 is 0 Å². The second kappa shape index (κ2) is 16.1. The van der Waals surface area contributed by atoms with Gasteiger partial charge in [-0.25, -0.2) is 0 Å². The van der Waals surface area contributed by atoms with Crippen LogP contribution in [0.5, 0.6) is 0 Å². The van der Waals surface area contributed by atoms with Crippen LogP contribution in [0.4, 0.5) is 0 Å². The summed E-state index contributed by atoms with van der Waals surface area (Å²) in [5.74, 6) is 0. The van der Waals surface area contributed by atoms with E-state index in [4.69, 9.17) is 4.11 Å². The lowest BCUT2D eigenvalue weighted by Crippen LogP contribution is -2.74. The van der Waals surface area contributed by atoms with Gasteiger partial charge in [0, 0.05) is 49.4 Å². The smallest absolute Gasteiger partial charge is 0.179 e. The minimum atomic E-state index is -2.91. The maximum atomic E-state index is 9.30. The highest BCUT2D eigenvalue weighted by atomic mass is 28.3. The van der Waals surface area contributed by atoms with Crippen LogP contribution in [0, 0.1) is 0 Å². The highest BCUT2D eigenvalue weighted by Crippen LogP contribution is 2.40. The quantitative estimate of drug-likeness (QED) is 0.107. The van der Waals surface area contributed by atoms with Crippen molar-refractivity contribution in [2.45, 2.75) is 0 Å². The fourth-order valence-corrected chi connectivity index (χ4v) is 16.3.